The maximum absolute atomic E-state index is 5.04. The van der Waals surface area contributed by atoms with Crippen molar-refractivity contribution in [1.29, 1.82) is 0 Å². The maximum atomic E-state index is 5.04. The van der Waals surface area contributed by atoms with Crippen LogP contribution < -0.4 is 4.90 Å². The summed E-state index contributed by atoms with van der Waals surface area (Å²) in [7, 11) is 0. The summed E-state index contributed by atoms with van der Waals surface area (Å²) < 4.78 is 2.39. The van der Waals surface area contributed by atoms with Gasteiger partial charge in [-0.1, -0.05) is 97.6 Å². The molecular formula is C36H25N3. The number of para-hydroxylation sites is 1. The van der Waals surface area contributed by atoms with E-state index in [1.807, 2.05) is 12.2 Å². The predicted molar refractivity (Wildman–Crippen MR) is 165 cm³/mol. The Morgan fingerprint density at radius 2 is 1.44 bits per heavy atom. The Hall–Kier alpha value is -5.15. The van der Waals surface area contributed by atoms with Gasteiger partial charge >= 0.3 is 0 Å². The number of allylic oxidation sites excluding steroid dienone is 3. The smallest absolute Gasteiger partial charge is 0.141 e. The van der Waals surface area contributed by atoms with E-state index in [4.69, 9.17) is 4.99 Å². The Morgan fingerprint density at radius 3 is 2.36 bits per heavy atom. The van der Waals surface area contributed by atoms with Crippen molar-refractivity contribution in [3.05, 3.63) is 145 Å². The van der Waals surface area contributed by atoms with Gasteiger partial charge in [0.25, 0.3) is 0 Å². The summed E-state index contributed by atoms with van der Waals surface area (Å²) >= 11 is 0. The van der Waals surface area contributed by atoms with Gasteiger partial charge in [-0.15, -0.1) is 0 Å². The molecule has 2 aliphatic heterocycles. The van der Waals surface area contributed by atoms with Crippen LogP contribution in [-0.2, 0) is 0 Å². The summed E-state index contributed by atoms with van der Waals surface area (Å²) in [5.41, 5.74) is 9.03. The van der Waals surface area contributed by atoms with E-state index in [-0.39, 0.29) is 0 Å². The predicted octanol–water partition coefficient (Wildman–Crippen LogP) is 8.81. The summed E-state index contributed by atoms with van der Waals surface area (Å²) in [6.45, 7) is 5.09. The maximum Gasteiger partial charge on any atom is 0.141 e. The number of aliphatic imine (C=N–C) groups is 1. The van der Waals surface area contributed by atoms with Crippen LogP contribution in [0.5, 0.6) is 0 Å². The van der Waals surface area contributed by atoms with Gasteiger partial charge < -0.3 is 4.57 Å². The van der Waals surface area contributed by atoms with Gasteiger partial charge in [-0.25, -0.2) is 0 Å². The average molecular weight is 500 g/mol. The molecule has 1 aromatic heterocycles. The topological polar surface area (TPSA) is 20.5 Å². The largest absolute Gasteiger partial charge is 0.309 e. The highest BCUT2D eigenvalue weighted by molar-refractivity contribution is 6.23. The zero-order chi connectivity index (χ0) is 25.9. The van der Waals surface area contributed by atoms with Crippen LogP contribution in [0.25, 0.3) is 49.4 Å². The van der Waals surface area contributed by atoms with Gasteiger partial charge in [0.1, 0.15) is 5.84 Å². The minimum atomic E-state index is 0.618. The molecule has 8 rings (SSSR count). The third-order valence-electron chi connectivity index (χ3n) is 7.86. The molecule has 0 atom stereocenters. The Bertz CT molecular complexity index is 2070. The third-order valence-corrected chi connectivity index (χ3v) is 7.86. The fraction of sp³-hybridized carbons (Fsp3) is 0.0278. The number of rotatable bonds is 1. The number of hydrogen-bond acceptors (Lipinski definition) is 2. The average Bonchev–Trinajstić information content (AvgIpc) is 3.34. The van der Waals surface area contributed by atoms with Crippen LogP contribution >= 0.6 is 0 Å². The molecule has 0 spiro atoms. The zero-order valence-corrected chi connectivity index (χ0v) is 21.4. The first-order chi connectivity index (χ1) is 19.3. The monoisotopic (exact) mass is 499 g/mol. The Morgan fingerprint density at radius 1 is 0.641 bits per heavy atom. The van der Waals surface area contributed by atoms with E-state index in [1.165, 1.54) is 43.7 Å². The molecule has 3 heterocycles. The van der Waals surface area contributed by atoms with Crippen LogP contribution in [0.1, 0.15) is 5.56 Å². The zero-order valence-electron chi connectivity index (χ0n) is 21.4. The summed E-state index contributed by atoms with van der Waals surface area (Å²) in [6, 6.07) is 37.3. The third kappa shape index (κ3) is 3.27. The number of hydrogen-bond donors (Lipinski definition) is 0. The lowest BCUT2D eigenvalue weighted by Crippen LogP contribution is -2.34. The molecular weight excluding hydrogens is 474 g/mol. The first kappa shape index (κ1) is 21.9. The highest BCUT2D eigenvalue weighted by Gasteiger charge is 2.30. The van der Waals surface area contributed by atoms with E-state index >= 15 is 0 Å². The van der Waals surface area contributed by atoms with E-state index < -0.39 is 0 Å². The lowest BCUT2D eigenvalue weighted by Gasteiger charge is -2.34. The van der Waals surface area contributed by atoms with Gasteiger partial charge in [-0.2, -0.15) is 0 Å². The van der Waals surface area contributed by atoms with Gasteiger partial charge in [0, 0.05) is 33.3 Å². The number of fused-ring (bicyclic) bond motifs is 10. The van der Waals surface area contributed by atoms with Crippen molar-refractivity contribution in [3.63, 3.8) is 0 Å². The Balaban J connectivity index is 1.49. The summed E-state index contributed by atoms with van der Waals surface area (Å²) in [6.07, 6.45) is 8.24. The van der Waals surface area contributed by atoms with Crippen LogP contribution in [0.2, 0.25) is 0 Å². The van der Waals surface area contributed by atoms with Crippen LogP contribution in [0.4, 0.5) is 5.69 Å². The lowest BCUT2D eigenvalue weighted by atomic mass is 9.90. The number of nitrogens with zero attached hydrogens (tertiary/aromatic N) is 3. The van der Waals surface area contributed by atoms with Gasteiger partial charge in [-0.3, -0.25) is 9.89 Å². The van der Waals surface area contributed by atoms with Gasteiger partial charge in [0.05, 0.1) is 23.3 Å². The fourth-order valence-electron chi connectivity index (χ4n) is 6.11. The highest BCUT2D eigenvalue weighted by atomic mass is 15.2. The first-order valence-electron chi connectivity index (χ1n) is 13.3. The van der Waals surface area contributed by atoms with Crippen molar-refractivity contribution in [2.45, 2.75) is 0 Å². The second kappa shape index (κ2) is 8.44. The van der Waals surface area contributed by atoms with E-state index in [0.29, 0.717) is 6.54 Å². The highest BCUT2D eigenvalue weighted by Crippen LogP contribution is 2.46. The van der Waals surface area contributed by atoms with Crippen molar-refractivity contribution < 1.29 is 0 Å². The molecule has 0 saturated heterocycles. The van der Waals surface area contributed by atoms with Gasteiger partial charge in [-0.05, 0) is 52.7 Å². The molecule has 184 valence electrons. The number of aromatic nitrogens is 1. The number of anilines is 1. The van der Waals surface area contributed by atoms with E-state index in [0.717, 1.165) is 28.5 Å². The van der Waals surface area contributed by atoms with Crippen LogP contribution in [0.15, 0.2) is 145 Å². The molecule has 0 radical (unpaired) electrons. The summed E-state index contributed by atoms with van der Waals surface area (Å²) in [4.78, 5) is 7.27. The van der Waals surface area contributed by atoms with Gasteiger partial charge in [0.2, 0.25) is 0 Å². The van der Waals surface area contributed by atoms with E-state index in [2.05, 4.69) is 131 Å². The van der Waals surface area contributed by atoms with Crippen LogP contribution in [-0.4, -0.2) is 16.9 Å². The molecule has 39 heavy (non-hydrogen) atoms. The SMILES string of the molecule is C=C1/C=C\C=C/CN=C2c3ccccc3-c3cc4c5ccccc5n(-c5ccc6ccccc6c5)c4cc3N12. The van der Waals surface area contributed by atoms with E-state index in [9.17, 15) is 0 Å². The summed E-state index contributed by atoms with van der Waals surface area (Å²) in [5.74, 6) is 0.937. The van der Waals surface area contributed by atoms with Crippen molar-refractivity contribution in [3.8, 4) is 16.8 Å². The molecule has 6 aromatic rings. The van der Waals surface area contributed by atoms with Crippen molar-refractivity contribution >= 4 is 44.1 Å². The fourth-order valence-corrected chi connectivity index (χ4v) is 6.11. The molecule has 3 nitrogen and oxygen atoms in total. The molecule has 0 unspecified atom stereocenters. The second-order valence-corrected chi connectivity index (χ2v) is 10.1. The molecule has 0 aliphatic carbocycles. The number of benzene rings is 5. The quantitative estimate of drug-likeness (QED) is 0.221. The second-order valence-electron chi connectivity index (χ2n) is 10.1. The van der Waals surface area contributed by atoms with Gasteiger partial charge in [0.15, 0.2) is 0 Å². The van der Waals surface area contributed by atoms with Crippen LogP contribution in [0, 0.1) is 0 Å². The molecule has 5 aromatic carbocycles. The molecule has 0 bridgehead atoms. The first-order valence-corrected chi connectivity index (χ1v) is 13.3. The molecule has 3 heteroatoms. The molecule has 0 amide bonds. The summed E-state index contributed by atoms with van der Waals surface area (Å²) in [5, 5.41) is 4.95. The standard InChI is InChI=1S/C36H25N3/c1-24-11-3-2-10-20-37-36-30-16-7-6-14-28(30)31-22-32-29-15-8-9-17-33(29)39(35(32)23-34(31)38(24)36)27-19-18-25-12-4-5-13-26(25)21-27/h2-19,21-23H,1,20H2/b10-2-,11-3-,37-36?. The number of amidine groups is 1. The molecule has 0 saturated carbocycles. The Kier molecular flexibility index (Phi) is 4.74. The van der Waals surface area contributed by atoms with E-state index in [1.54, 1.807) is 0 Å². The Labute approximate surface area is 227 Å². The van der Waals surface area contributed by atoms with Crippen molar-refractivity contribution in [2.75, 3.05) is 11.4 Å². The molecule has 0 fully saturated rings. The van der Waals surface area contributed by atoms with Crippen molar-refractivity contribution in [1.82, 2.24) is 4.57 Å². The van der Waals surface area contributed by atoms with Crippen molar-refractivity contribution in [2.24, 2.45) is 4.99 Å². The minimum Gasteiger partial charge on any atom is -0.309 e. The normalized spacial score (nSPS) is 16.2. The van der Waals surface area contributed by atoms with Crippen LogP contribution in [0.3, 0.4) is 0 Å². The molecule has 2 aliphatic rings. The molecule has 0 N–H and O–H groups in total. The lowest BCUT2D eigenvalue weighted by molar-refractivity contribution is 1.16. The minimum absolute atomic E-state index is 0.618.